The molecule has 4 nitrogen and oxygen atoms in total. The van der Waals surface area contributed by atoms with Crippen molar-refractivity contribution in [3.63, 3.8) is 0 Å². The molecule has 110 valence electrons. The highest BCUT2D eigenvalue weighted by Crippen LogP contribution is 2.25. The van der Waals surface area contributed by atoms with Crippen LogP contribution in [0.5, 0.6) is 0 Å². The molecule has 0 aliphatic rings. The van der Waals surface area contributed by atoms with Crippen molar-refractivity contribution in [2.45, 2.75) is 20.4 Å². The highest BCUT2D eigenvalue weighted by atomic mass is 16.4. The lowest BCUT2D eigenvalue weighted by Gasteiger charge is -2.23. The van der Waals surface area contributed by atoms with Gasteiger partial charge in [-0.15, -0.1) is 0 Å². The zero-order valence-electron chi connectivity index (χ0n) is 12.6. The van der Waals surface area contributed by atoms with Gasteiger partial charge in [-0.25, -0.2) is 4.79 Å². The third-order valence-electron chi connectivity index (χ3n) is 3.70. The van der Waals surface area contributed by atoms with Gasteiger partial charge in [0.15, 0.2) is 0 Å². The van der Waals surface area contributed by atoms with E-state index in [-0.39, 0.29) is 5.56 Å². The minimum Gasteiger partial charge on any atom is -0.478 e. The maximum atomic E-state index is 11.4. The van der Waals surface area contributed by atoms with Crippen molar-refractivity contribution in [2.75, 3.05) is 17.7 Å². The first-order valence-corrected chi connectivity index (χ1v) is 6.79. The van der Waals surface area contributed by atoms with Crippen LogP contribution in [-0.2, 0) is 6.54 Å². The van der Waals surface area contributed by atoms with E-state index in [0.29, 0.717) is 17.9 Å². The molecule has 2 aromatic carbocycles. The van der Waals surface area contributed by atoms with Crippen LogP contribution in [0.2, 0.25) is 0 Å². The topological polar surface area (TPSA) is 66.6 Å². The first-order valence-electron chi connectivity index (χ1n) is 6.79. The number of carbonyl (C=O) groups is 1. The molecule has 0 aromatic heterocycles. The Morgan fingerprint density at radius 1 is 1.19 bits per heavy atom. The second-order valence-electron chi connectivity index (χ2n) is 5.31. The van der Waals surface area contributed by atoms with Crippen molar-refractivity contribution < 1.29 is 9.90 Å². The van der Waals surface area contributed by atoms with Gasteiger partial charge >= 0.3 is 5.97 Å². The van der Waals surface area contributed by atoms with E-state index < -0.39 is 5.97 Å². The number of anilines is 2. The summed E-state index contributed by atoms with van der Waals surface area (Å²) in [5, 5.41) is 9.33. The molecular formula is C17H20N2O2. The molecule has 2 aromatic rings. The Hall–Kier alpha value is -2.49. The van der Waals surface area contributed by atoms with Crippen LogP contribution in [-0.4, -0.2) is 18.1 Å². The second-order valence-corrected chi connectivity index (χ2v) is 5.31. The first kappa shape index (κ1) is 14.9. The summed E-state index contributed by atoms with van der Waals surface area (Å²) in [6, 6.07) is 11.1. The van der Waals surface area contributed by atoms with Crippen LogP contribution in [0.3, 0.4) is 0 Å². The van der Waals surface area contributed by atoms with E-state index in [1.807, 2.05) is 18.0 Å². The van der Waals surface area contributed by atoms with Crippen molar-refractivity contribution in [1.82, 2.24) is 0 Å². The van der Waals surface area contributed by atoms with Crippen LogP contribution in [0.15, 0.2) is 36.4 Å². The Balaban J connectivity index is 2.37. The number of nitrogens with zero attached hydrogens (tertiary/aromatic N) is 1. The van der Waals surface area contributed by atoms with Gasteiger partial charge in [0.05, 0.1) is 11.3 Å². The van der Waals surface area contributed by atoms with Gasteiger partial charge in [-0.3, -0.25) is 0 Å². The zero-order chi connectivity index (χ0) is 15.6. The molecule has 0 spiro atoms. The number of carboxylic acids is 1. The lowest BCUT2D eigenvalue weighted by Crippen LogP contribution is -2.20. The van der Waals surface area contributed by atoms with E-state index in [0.717, 1.165) is 0 Å². The van der Waals surface area contributed by atoms with Crippen LogP contribution in [0, 0.1) is 13.8 Å². The summed E-state index contributed by atoms with van der Waals surface area (Å²) in [5.74, 6) is -0.967. The molecule has 2 rings (SSSR count). The summed E-state index contributed by atoms with van der Waals surface area (Å²) in [6.07, 6.45) is 0. The Morgan fingerprint density at radius 3 is 2.38 bits per heavy atom. The van der Waals surface area contributed by atoms with Crippen molar-refractivity contribution in [3.8, 4) is 0 Å². The van der Waals surface area contributed by atoms with Crippen molar-refractivity contribution >= 4 is 17.3 Å². The van der Waals surface area contributed by atoms with E-state index >= 15 is 0 Å². The molecule has 0 fully saturated rings. The van der Waals surface area contributed by atoms with Crippen LogP contribution in [0.25, 0.3) is 0 Å². The zero-order valence-corrected chi connectivity index (χ0v) is 12.6. The third kappa shape index (κ3) is 3.16. The lowest BCUT2D eigenvalue weighted by atomic mass is 10.0. The number of rotatable bonds is 4. The van der Waals surface area contributed by atoms with Crippen LogP contribution >= 0.6 is 0 Å². The summed E-state index contributed by atoms with van der Waals surface area (Å²) in [6.45, 7) is 4.79. The van der Waals surface area contributed by atoms with Gasteiger partial charge < -0.3 is 15.7 Å². The quantitative estimate of drug-likeness (QED) is 0.846. The Kier molecular flexibility index (Phi) is 4.17. The van der Waals surface area contributed by atoms with Crippen molar-refractivity contribution in [1.29, 1.82) is 0 Å². The van der Waals surface area contributed by atoms with Gasteiger partial charge in [-0.05, 0) is 48.7 Å². The molecule has 4 heteroatoms. The summed E-state index contributed by atoms with van der Waals surface area (Å²) in [5.41, 5.74) is 10.7. The maximum Gasteiger partial charge on any atom is 0.337 e. The number of carboxylic acid groups (broad SMARTS) is 1. The monoisotopic (exact) mass is 284 g/mol. The molecule has 0 amide bonds. The van der Waals surface area contributed by atoms with E-state index in [9.17, 15) is 9.90 Å². The fourth-order valence-electron chi connectivity index (χ4n) is 2.48. The minimum atomic E-state index is -0.967. The average Bonchev–Trinajstić information content (AvgIpc) is 2.42. The summed E-state index contributed by atoms with van der Waals surface area (Å²) >= 11 is 0. The highest BCUT2D eigenvalue weighted by Gasteiger charge is 2.15. The van der Waals surface area contributed by atoms with Gasteiger partial charge in [-0.2, -0.15) is 0 Å². The standard InChI is InChI=1S/C17H20N2O2/c1-11-5-4-6-12(2)15(11)10-19(3)16-8-7-13(18)9-14(16)17(20)21/h4-9H,10,18H2,1-3H3,(H,20,21). The number of hydrogen-bond acceptors (Lipinski definition) is 3. The smallest absolute Gasteiger partial charge is 0.337 e. The molecule has 0 saturated carbocycles. The van der Waals surface area contributed by atoms with Gasteiger partial charge in [0.2, 0.25) is 0 Å². The normalized spacial score (nSPS) is 10.4. The lowest BCUT2D eigenvalue weighted by molar-refractivity contribution is 0.0697. The molecule has 0 unspecified atom stereocenters. The van der Waals surface area contributed by atoms with E-state index in [4.69, 9.17) is 5.73 Å². The maximum absolute atomic E-state index is 11.4. The van der Waals surface area contributed by atoms with Crippen molar-refractivity contribution in [2.24, 2.45) is 0 Å². The molecule has 0 radical (unpaired) electrons. The number of hydrogen-bond donors (Lipinski definition) is 2. The first-order chi connectivity index (χ1) is 9.90. The number of benzene rings is 2. The van der Waals surface area contributed by atoms with Crippen LogP contribution in [0.4, 0.5) is 11.4 Å². The van der Waals surface area contributed by atoms with Gasteiger partial charge in [0.1, 0.15) is 0 Å². The van der Waals surface area contributed by atoms with Crippen LogP contribution in [0.1, 0.15) is 27.0 Å². The molecule has 0 aliphatic heterocycles. The van der Waals surface area contributed by atoms with Crippen LogP contribution < -0.4 is 10.6 Å². The SMILES string of the molecule is Cc1cccc(C)c1CN(C)c1ccc(N)cc1C(=O)O. The molecule has 3 N–H and O–H groups in total. The Morgan fingerprint density at radius 2 is 1.81 bits per heavy atom. The number of aryl methyl sites for hydroxylation is 2. The summed E-state index contributed by atoms with van der Waals surface area (Å²) < 4.78 is 0. The number of nitrogens with two attached hydrogens (primary N) is 1. The average molecular weight is 284 g/mol. The fraction of sp³-hybridized carbons (Fsp3) is 0.235. The van der Waals surface area contributed by atoms with E-state index in [2.05, 4.69) is 26.0 Å². The summed E-state index contributed by atoms with van der Waals surface area (Å²) in [4.78, 5) is 13.3. The number of aromatic carboxylic acids is 1. The van der Waals surface area contributed by atoms with Gasteiger partial charge in [-0.1, -0.05) is 18.2 Å². The molecule has 0 bridgehead atoms. The molecule has 0 atom stereocenters. The number of nitrogen functional groups attached to an aromatic ring is 1. The Labute approximate surface area is 124 Å². The second kappa shape index (κ2) is 5.87. The predicted octanol–water partition coefficient (Wildman–Crippen LogP) is 3.22. The van der Waals surface area contributed by atoms with Gasteiger partial charge in [0, 0.05) is 19.3 Å². The highest BCUT2D eigenvalue weighted by molar-refractivity contribution is 5.95. The summed E-state index contributed by atoms with van der Waals surface area (Å²) in [7, 11) is 1.89. The molecule has 0 aliphatic carbocycles. The fourth-order valence-corrected chi connectivity index (χ4v) is 2.48. The molecule has 0 saturated heterocycles. The minimum absolute atomic E-state index is 0.226. The van der Waals surface area contributed by atoms with Gasteiger partial charge in [0.25, 0.3) is 0 Å². The molecular weight excluding hydrogens is 264 g/mol. The van der Waals surface area contributed by atoms with Crippen molar-refractivity contribution in [3.05, 3.63) is 58.7 Å². The third-order valence-corrected chi connectivity index (χ3v) is 3.70. The Bertz CT molecular complexity index is 660. The van der Waals surface area contributed by atoms with E-state index in [1.54, 1.807) is 12.1 Å². The molecule has 0 heterocycles. The predicted molar refractivity (Wildman–Crippen MR) is 85.8 cm³/mol. The van der Waals surface area contributed by atoms with E-state index in [1.165, 1.54) is 22.8 Å². The largest absolute Gasteiger partial charge is 0.478 e. The molecule has 21 heavy (non-hydrogen) atoms.